The van der Waals surface area contributed by atoms with Gasteiger partial charge in [-0.05, 0) is 0 Å². The Morgan fingerprint density at radius 1 is 1.50 bits per heavy atom. The predicted octanol–water partition coefficient (Wildman–Crippen LogP) is 0.420. The molecule has 0 amide bonds. The van der Waals surface area contributed by atoms with Gasteiger partial charge in [-0.15, -0.1) is 0 Å². The van der Waals surface area contributed by atoms with Crippen LogP contribution in [0.15, 0.2) is 0 Å². The molecule has 0 spiro atoms. The van der Waals surface area contributed by atoms with Crippen LogP contribution >= 0.6 is 0 Å². The molecule has 1 fully saturated rings. The molecule has 2 radical (unpaired) electrons. The fourth-order valence-electron chi connectivity index (χ4n) is 0.328. The second-order valence-corrected chi connectivity index (χ2v) is 1.06. The molecule has 2 heteroatoms. The van der Waals surface area contributed by atoms with Crippen LogP contribution in [0.1, 0.15) is 6.42 Å². The van der Waals surface area contributed by atoms with Crippen LogP contribution in [0.25, 0.3) is 0 Å². The molecule has 0 bridgehead atoms. The molecule has 1 saturated heterocycles. The van der Waals surface area contributed by atoms with Crippen LogP contribution in [0.4, 0.5) is 0 Å². The average Bonchev–Trinajstić information content (AvgIpc) is 1.72. The Labute approximate surface area is 37.1 Å². The van der Waals surface area contributed by atoms with Crippen LogP contribution in [-0.2, 0) is 9.47 Å². The summed E-state index contributed by atoms with van der Waals surface area (Å²) in [4.78, 5) is 0. The van der Waals surface area contributed by atoms with Gasteiger partial charge in [0.1, 0.15) is 13.4 Å². The van der Waals surface area contributed by atoms with Crippen molar-refractivity contribution in [3.8, 4) is 0 Å². The van der Waals surface area contributed by atoms with Gasteiger partial charge in [0.25, 0.3) is 0 Å². The lowest BCUT2D eigenvalue weighted by Crippen LogP contribution is -2.06. The molecule has 1 rings (SSSR count). The third-order valence-electron chi connectivity index (χ3n) is 0.593. The third kappa shape index (κ3) is 0.954. The Morgan fingerprint density at radius 2 is 2.50 bits per heavy atom. The highest BCUT2D eigenvalue weighted by Gasteiger charge is 1.96. The average molecular weight is 86.1 g/mol. The van der Waals surface area contributed by atoms with Crippen LogP contribution in [0.3, 0.4) is 0 Å². The van der Waals surface area contributed by atoms with E-state index in [2.05, 4.69) is 11.3 Å². The highest BCUT2D eigenvalue weighted by atomic mass is 16.7. The van der Waals surface area contributed by atoms with E-state index >= 15 is 0 Å². The van der Waals surface area contributed by atoms with Crippen LogP contribution in [0.5, 0.6) is 0 Å². The van der Waals surface area contributed by atoms with E-state index in [9.17, 15) is 0 Å². The lowest BCUT2D eigenvalue weighted by atomic mass is 10.5. The molecule has 0 unspecified atom stereocenters. The summed E-state index contributed by atoms with van der Waals surface area (Å²) in [6, 6.07) is 0. The summed E-state index contributed by atoms with van der Waals surface area (Å²) in [5.41, 5.74) is 0. The highest BCUT2D eigenvalue weighted by Crippen LogP contribution is 1.96. The molecule has 0 aromatic heterocycles. The smallest absolute Gasteiger partial charge is 0.147 e. The predicted molar refractivity (Wildman–Crippen MR) is 19.8 cm³/mol. The fourth-order valence-corrected chi connectivity index (χ4v) is 0.328. The molecule has 0 saturated carbocycles. The van der Waals surface area contributed by atoms with Crippen molar-refractivity contribution in [2.75, 3.05) is 13.4 Å². The molecule has 6 heavy (non-hydrogen) atoms. The molecule has 2 nitrogen and oxygen atoms in total. The van der Waals surface area contributed by atoms with E-state index in [1.54, 1.807) is 0 Å². The van der Waals surface area contributed by atoms with Crippen LogP contribution in [0.2, 0.25) is 0 Å². The van der Waals surface area contributed by atoms with Gasteiger partial charge in [-0.25, -0.2) is 0 Å². The maximum Gasteiger partial charge on any atom is 0.147 e. The first-order chi connectivity index (χ1) is 3.00. The summed E-state index contributed by atoms with van der Waals surface area (Å²) in [6.07, 6.45) is 0.806. The van der Waals surface area contributed by atoms with Gasteiger partial charge in [0.2, 0.25) is 0 Å². The molecule has 0 aliphatic carbocycles. The standard InChI is InChI=1S/C4H6O2/c1-2-5-4-6-3-1/h1-2,4H2. The highest BCUT2D eigenvalue weighted by molar-refractivity contribution is 4.50. The minimum Gasteiger partial charge on any atom is -0.355 e. The van der Waals surface area contributed by atoms with E-state index in [-0.39, 0.29) is 0 Å². The van der Waals surface area contributed by atoms with Gasteiger partial charge in [-0.1, -0.05) is 0 Å². The summed E-state index contributed by atoms with van der Waals surface area (Å²) >= 11 is 0. The zero-order chi connectivity index (χ0) is 4.24. The third-order valence-corrected chi connectivity index (χ3v) is 0.593. The number of hydrogen-bond acceptors (Lipinski definition) is 2. The topological polar surface area (TPSA) is 18.5 Å². The monoisotopic (exact) mass is 86.0 g/mol. The van der Waals surface area contributed by atoms with Crippen LogP contribution in [0, 0.1) is 6.61 Å². The maximum absolute atomic E-state index is 4.78. The molecule has 34 valence electrons. The largest absolute Gasteiger partial charge is 0.355 e. The molecule has 1 aliphatic rings. The van der Waals surface area contributed by atoms with Gasteiger partial charge in [-0.2, -0.15) is 0 Å². The minimum atomic E-state index is 0.389. The Kier molecular flexibility index (Phi) is 1.47. The van der Waals surface area contributed by atoms with E-state index in [0.717, 1.165) is 13.0 Å². The van der Waals surface area contributed by atoms with Crippen molar-refractivity contribution in [2.24, 2.45) is 0 Å². The van der Waals surface area contributed by atoms with Gasteiger partial charge in [0.05, 0.1) is 6.61 Å². The fraction of sp³-hybridized carbons (Fsp3) is 0.750. The summed E-state index contributed by atoms with van der Waals surface area (Å²) in [5.74, 6) is 0. The summed E-state index contributed by atoms with van der Waals surface area (Å²) in [7, 11) is 0. The van der Waals surface area contributed by atoms with Crippen molar-refractivity contribution in [2.45, 2.75) is 6.42 Å². The van der Waals surface area contributed by atoms with Gasteiger partial charge in [0.15, 0.2) is 0 Å². The van der Waals surface area contributed by atoms with E-state index in [1.165, 1.54) is 0 Å². The minimum absolute atomic E-state index is 0.389. The van der Waals surface area contributed by atoms with Crippen molar-refractivity contribution < 1.29 is 9.47 Å². The molecule has 0 atom stereocenters. The van der Waals surface area contributed by atoms with E-state index in [0.29, 0.717) is 6.79 Å². The van der Waals surface area contributed by atoms with Crippen molar-refractivity contribution in [3.05, 3.63) is 6.61 Å². The SMILES string of the molecule is [C]1CCOCO1. The molecule has 0 aromatic carbocycles. The first kappa shape index (κ1) is 4.09. The maximum atomic E-state index is 4.78. The van der Waals surface area contributed by atoms with Crippen LogP contribution in [-0.4, -0.2) is 13.4 Å². The zero-order valence-corrected chi connectivity index (χ0v) is 3.44. The molecular formula is C4H6O2. The van der Waals surface area contributed by atoms with Crippen molar-refractivity contribution in [1.82, 2.24) is 0 Å². The Morgan fingerprint density at radius 3 is 2.67 bits per heavy atom. The number of rotatable bonds is 0. The van der Waals surface area contributed by atoms with Gasteiger partial charge in [-0.3, -0.25) is 0 Å². The van der Waals surface area contributed by atoms with Gasteiger partial charge >= 0.3 is 0 Å². The summed E-state index contributed by atoms with van der Waals surface area (Å²) in [6.45, 7) is 3.81. The normalized spacial score (nSPS) is 24.0. The quantitative estimate of drug-likeness (QED) is 0.425. The van der Waals surface area contributed by atoms with E-state index < -0.39 is 0 Å². The van der Waals surface area contributed by atoms with Gasteiger partial charge in [0, 0.05) is 6.42 Å². The molecular weight excluding hydrogens is 80.0 g/mol. The Balaban J connectivity index is 2.00. The molecule has 0 N–H and O–H groups in total. The van der Waals surface area contributed by atoms with Crippen molar-refractivity contribution >= 4 is 0 Å². The Bertz CT molecular complexity index is 21.0. The number of hydrogen-bond donors (Lipinski definition) is 0. The van der Waals surface area contributed by atoms with Crippen molar-refractivity contribution in [1.29, 1.82) is 0 Å². The molecule has 0 aromatic rings. The second-order valence-electron chi connectivity index (χ2n) is 1.06. The van der Waals surface area contributed by atoms with E-state index in [4.69, 9.17) is 4.74 Å². The Hall–Kier alpha value is -0.0800. The molecule has 1 aliphatic heterocycles. The second kappa shape index (κ2) is 2.16. The first-order valence-corrected chi connectivity index (χ1v) is 1.92. The van der Waals surface area contributed by atoms with Crippen LogP contribution < -0.4 is 0 Å². The molecule has 1 heterocycles. The lowest BCUT2D eigenvalue weighted by Gasteiger charge is -2.07. The lowest BCUT2D eigenvalue weighted by molar-refractivity contribution is -0.0660. The van der Waals surface area contributed by atoms with E-state index in [1.807, 2.05) is 0 Å². The van der Waals surface area contributed by atoms with Crippen molar-refractivity contribution in [3.63, 3.8) is 0 Å². The zero-order valence-electron chi connectivity index (χ0n) is 3.44. The number of ether oxygens (including phenoxy) is 2. The summed E-state index contributed by atoms with van der Waals surface area (Å²) < 4.78 is 9.38. The first-order valence-electron chi connectivity index (χ1n) is 1.92. The summed E-state index contributed by atoms with van der Waals surface area (Å²) in [5, 5.41) is 0. The van der Waals surface area contributed by atoms with Gasteiger partial charge < -0.3 is 9.47 Å².